The van der Waals surface area contributed by atoms with Gasteiger partial charge in [-0.2, -0.15) is 4.31 Å². The summed E-state index contributed by atoms with van der Waals surface area (Å²) in [5.41, 5.74) is 1.42. The maximum absolute atomic E-state index is 12.5. The number of aromatic nitrogens is 1. The van der Waals surface area contributed by atoms with E-state index in [1.54, 1.807) is 23.5 Å². The molecule has 1 aromatic heterocycles. The summed E-state index contributed by atoms with van der Waals surface area (Å²) in [6.07, 6.45) is 2.45. The molecule has 2 aromatic carbocycles. The van der Waals surface area contributed by atoms with E-state index < -0.39 is 10.0 Å². The lowest BCUT2D eigenvalue weighted by Gasteiger charge is -2.15. The molecule has 0 atom stereocenters. The molecule has 1 fully saturated rings. The van der Waals surface area contributed by atoms with E-state index in [4.69, 9.17) is 0 Å². The van der Waals surface area contributed by atoms with Crippen molar-refractivity contribution in [3.63, 3.8) is 0 Å². The highest BCUT2D eigenvalue weighted by atomic mass is 32.2. The van der Waals surface area contributed by atoms with Crippen LogP contribution >= 0.6 is 11.3 Å². The third-order valence-corrected chi connectivity index (χ3v) is 7.79. The Morgan fingerprint density at radius 2 is 1.79 bits per heavy atom. The predicted molar refractivity (Wildman–Crippen MR) is 110 cm³/mol. The molecule has 4 rings (SSSR count). The van der Waals surface area contributed by atoms with Gasteiger partial charge in [0.2, 0.25) is 10.0 Å². The van der Waals surface area contributed by atoms with Gasteiger partial charge in [-0.25, -0.2) is 13.4 Å². The summed E-state index contributed by atoms with van der Waals surface area (Å²) in [6.45, 7) is 1.61. The Balaban J connectivity index is 1.35. The smallest absolute Gasteiger partial charge is 0.251 e. The first-order chi connectivity index (χ1) is 13.5. The number of sulfonamides is 1. The number of rotatable bonds is 6. The molecule has 1 amide bonds. The quantitative estimate of drug-likeness (QED) is 0.671. The molecule has 146 valence electrons. The van der Waals surface area contributed by atoms with Gasteiger partial charge in [0.1, 0.15) is 0 Å². The molecule has 1 saturated heterocycles. The van der Waals surface area contributed by atoms with Crippen molar-refractivity contribution in [2.24, 2.45) is 0 Å². The average molecular weight is 416 g/mol. The number of para-hydroxylation sites is 1. The monoisotopic (exact) mass is 415 g/mol. The van der Waals surface area contributed by atoms with Gasteiger partial charge in [-0.15, -0.1) is 11.3 Å². The molecule has 1 N–H and O–H groups in total. The van der Waals surface area contributed by atoms with Gasteiger partial charge in [0.05, 0.1) is 20.1 Å². The van der Waals surface area contributed by atoms with Crippen molar-refractivity contribution in [1.29, 1.82) is 0 Å². The highest BCUT2D eigenvalue weighted by Crippen LogP contribution is 2.22. The Kier molecular flexibility index (Phi) is 5.43. The van der Waals surface area contributed by atoms with Crippen LogP contribution in [0.5, 0.6) is 0 Å². The maximum Gasteiger partial charge on any atom is 0.251 e. The molecule has 3 aromatic rings. The fraction of sp³-hybridized carbons (Fsp3) is 0.300. The molecule has 1 aliphatic rings. The predicted octanol–water partition coefficient (Wildman–Crippen LogP) is 3.05. The molecule has 0 spiro atoms. The van der Waals surface area contributed by atoms with Crippen molar-refractivity contribution in [2.75, 3.05) is 19.6 Å². The Hall–Kier alpha value is -2.29. The van der Waals surface area contributed by atoms with Crippen LogP contribution in [0.25, 0.3) is 10.2 Å². The van der Waals surface area contributed by atoms with Gasteiger partial charge in [0.25, 0.3) is 5.91 Å². The van der Waals surface area contributed by atoms with Gasteiger partial charge < -0.3 is 5.32 Å². The summed E-state index contributed by atoms with van der Waals surface area (Å²) in [5, 5.41) is 3.85. The number of hydrogen-bond donors (Lipinski definition) is 1. The number of fused-ring (bicyclic) bond motifs is 1. The second kappa shape index (κ2) is 7.98. The summed E-state index contributed by atoms with van der Waals surface area (Å²) in [7, 11) is -3.45. The third kappa shape index (κ3) is 3.94. The maximum atomic E-state index is 12.5. The number of carbonyl (C=O) groups is 1. The number of carbonyl (C=O) groups excluding carboxylic acids is 1. The van der Waals surface area contributed by atoms with Crippen LogP contribution in [0.2, 0.25) is 0 Å². The molecule has 28 heavy (non-hydrogen) atoms. The van der Waals surface area contributed by atoms with Crippen molar-refractivity contribution >= 4 is 37.5 Å². The van der Waals surface area contributed by atoms with Crippen LogP contribution in [0.4, 0.5) is 0 Å². The largest absolute Gasteiger partial charge is 0.352 e. The van der Waals surface area contributed by atoms with Gasteiger partial charge in [-0.3, -0.25) is 4.79 Å². The molecule has 0 saturated carbocycles. The normalized spacial score (nSPS) is 15.1. The van der Waals surface area contributed by atoms with Gasteiger partial charge in [-0.05, 0) is 49.2 Å². The zero-order valence-electron chi connectivity index (χ0n) is 15.3. The number of nitrogens with one attached hydrogen (secondary N) is 1. The average Bonchev–Trinajstić information content (AvgIpc) is 3.38. The van der Waals surface area contributed by atoms with Crippen LogP contribution in [0.15, 0.2) is 53.4 Å². The van der Waals surface area contributed by atoms with E-state index in [2.05, 4.69) is 10.3 Å². The number of nitrogens with zero attached hydrogens (tertiary/aromatic N) is 2. The van der Waals surface area contributed by atoms with Gasteiger partial charge in [-0.1, -0.05) is 12.1 Å². The Labute approximate surface area is 168 Å². The SMILES string of the molecule is O=C(NCCc1nc2ccccc2s1)c1ccc(S(=O)(=O)N2CCCC2)cc1. The highest BCUT2D eigenvalue weighted by molar-refractivity contribution is 7.89. The van der Waals surface area contributed by atoms with Crippen LogP contribution in [-0.2, 0) is 16.4 Å². The second-order valence-corrected chi connectivity index (χ2v) is 9.77. The van der Waals surface area contributed by atoms with Gasteiger partial charge in [0.15, 0.2) is 0 Å². The Bertz CT molecular complexity index is 1050. The van der Waals surface area contributed by atoms with E-state index in [1.807, 2.05) is 24.3 Å². The summed E-state index contributed by atoms with van der Waals surface area (Å²) in [5.74, 6) is -0.216. The van der Waals surface area contributed by atoms with Crippen molar-refractivity contribution in [1.82, 2.24) is 14.6 Å². The van der Waals surface area contributed by atoms with E-state index in [9.17, 15) is 13.2 Å². The fourth-order valence-corrected chi connectivity index (χ4v) is 5.75. The fourth-order valence-electron chi connectivity index (χ4n) is 3.27. The van der Waals surface area contributed by atoms with E-state index in [-0.39, 0.29) is 10.8 Å². The van der Waals surface area contributed by atoms with Crippen molar-refractivity contribution in [2.45, 2.75) is 24.2 Å². The van der Waals surface area contributed by atoms with E-state index >= 15 is 0 Å². The molecule has 2 heterocycles. The molecule has 8 heteroatoms. The lowest BCUT2D eigenvalue weighted by atomic mass is 10.2. The van der Waals surface area contributed by atoms with Gasteiger partial charge >= 0.3 is 0 Å². The van der Waals surface area contributed by atoms with Crippen LogP contribution in [-0.4, -0.2) is 43.2 Å². The summed E-state index contributed by atoms with van der Waals surface area (Å²) in [6, 6.07) is 14.1. The number of hydrogen-bond acceptors (Lipinski definition) is 5. The van der Waals surface area contributed by atoms with Crippen molar-refractivity contribution < 1.29 is 13.2 Å². The molecule has 1 aliphatic heterocycles. The van der Waals surface area contributed by atoms with E-state index in [0.717, 1.165) is 28.1 Å². The molecular weight excluding hydrogens is 394 g/mol. The molecule has 0 unspecified atom stereocenters. The molecule has 0 aliphatic carbocycles. The Morgan fingerprint density at radius 1 is 1.07 bits per heavy atom. The summed E-state index contributed by atoms with van der Waals surface area (Å²) in [4.78, 5) is 17.1. The van der Waals surface area contributed by atoms with Crippen LogP contribution in [0.3, 0.4) is 0 Å². The lowest BCUT2D eigenvalue weighted by molar-refractivity contribution is 0.0954. The first-order valence-electron chi connectivity index (χ1n) is 9.27. The zero-order valence-corrected chi connectivity index (χ0v) is 16.9. The highest BCUT2D eigenvalue weighted by Gasteiger charge is 2.27. The van der Waals surface area contributed by atoms with Crippen LogP contribution in [0.1, 0.15) is 28.2 Å². The summed E-state index contributed by atoms with van der Waals surface area (Å²) < 4.78 is 27.7. The minimum atomic E-state index is -3.45. The lowest BCUT2D eigenvalue weighted by Crippen LogP contribution is -2.28. The Morgan fingerprint density at radius 3 is 2.50 bits per heavy atom. The van der Waals surface area contributed by atoms with E-state index in [1.165, 1.54) is 16.4 Å². The van der Waals surface area contributed by atoms with Crippen molar-refractivity contribution in [3.05, 3.63) is 59.1 Å². The standard InChI is InChI=1S/C20H21N3O3S2/c24-20(21-12-11-19-22-17-5-1-2-6-18(17)27-19)15-7-9-16(10-8-15)28(25,26)23-13-3-4-14-23/h1-2,5-10H,3-4,11-14H2,(H,21,24). The molecule has 0 radical (unpaired) electrons. The minimum absolute atomic E-state index is 0.216. The first kappa shape index (κ1) is 19.0. The van der Waals surface area contributed by atoms with E-state index in [0.29, 0.717) is 31.6 Å². The number of amides is 1. The minimum Gasteiger partial charge on any atom is -0.352 e. The molecular formula is C20H21N3O3S2. The second-order valence-electron chi connectivity index (χ2n) is 6.72. The molecule has 6 nitrogen and oxygen atoms in total. The first-order valence-corrected chi connectivity index (χ1v) is 11.5. The third-order valence-electron chi connectivity index (χ3n) is 4.78. The molecule has 0 bridgehead atoms. The van der Waals surface area contributed by atoms with Gasteiger partial charge in [0, 0.05) is 31.6 Å². The number of benzene rings is 2. The van der Waals surface area contributed by atoms with Crippen LogP contribution in [0, 0.1) is 0 Å². The topological polar surface area (TPSA) is 79.4 Å². The number of thiazole rings is 1. The van der Waals surface area contributed by atoms with Crippen molar-refractivity contribution in [3.8, 4) is 0 Å². The zero-order chi connectivity index (χ0) is 19.6. The summed E-state index contributed by atoms with van der Waals surface area (Å²) >= 11 is 1.63. The van der Waals surface area contributed by atoms with Crippen LogP contribution < -0.4 is 5.32 Å².